The van der Waals surface area contributed by atoms with Crippen molar-refractivity contribution in [2.75, 3.05) is 13.2 Å². The predicted octanol–water partition coefficient (Wildman–Crippen LogP) is 9.88. The molecule has 0 atom stereocenters. The highest BCUT2D eigenvalue weighted by atomic mass is 31.1. The maximum absolute atomic E-state index is 12.5. The molecule has 1 N–H and O–H groups in total. The van der Waals surface area contributed by atoms with Crippen LogP contribution >= 0.6 is 8.46 Å². The van der Waals surface area contributed by atoms with E-state index in [0.29, 0.717) is 25.6 Å². The van der Waals surface area contributed by atoms with Gasteiger partial charge in [0.2, 0.25) is 0 Å². The molecule has 6 aromatic carbocycles. The highest BCUT2D eigenvalue weighted by Gasteiger charge is 2.17. The SMILES string of the molecule is Cc1ccc(OCCOCc2ccccc2-c2cccc(-c3ccccc3)c2O)c(-c2cccc(-c3ccccc3)c2P=O)c1. The van der Waals surface area contributed by atoms with Gasteiger partial charge in [0.15, 0.2) is 8.46 Å². The summed E-state index contributed by atoms with van der Waals surface area (Å²) >= 11 is 0. The van der Waals surface area contributed by atoms with Gasteiger partial charge >= 0.3 is 0 Å². The first kappa shape index (κ1) is 30.0. The average molecular weight is 609 g/mol. The van der Waals surface area contributed by atoms with Crippen molar-refractivity contribution in [2.45, 2.75) is 13.5 Å². The predicted molar refractivity (Wildman–Crippen MR) is 183 cm³/mol. The molecule has 222 valence electrons. The summed E-state index contributed by atoms with van der Waals surface area (Å²) in [5, 5.41) is 12.0. The van der Waals surface area contributed by atoms with Crippen molar-refractivity contribution in [3.05, 3.63) is 151 Å². The van der Waals surface area contributed by atoms with Crippen molar-refractivity contribution < 1.29 is 19.1 Å². The Morgan fingerprint density at radius 2 is 1.18 bits per heavy atom. The van der Waals surface area contributed by atoms with Crippen molar-refractivity contribution in [3.8, 4) is 56.0 Å². The van der Waals surface area contributed by atoms with E-state index >= 15 is 0 Å². The molecular weight excluding hydrogens is 575 g/mol. The summed E-state index contributed by atoms with van der Waals surface area (Å²) in [6, 6.07) is 45.7. The first-order valence-electron chi connectivity index (χ1n) is 14.9. The van der Waals surface area contributed by atoms with Crippen molar-refractivity contribution >= 4 is 13.8 Å². The molecule has 0 aliphatic carbocycles. The second-order valence-electron chi connectivity index (χ2n) is 10.8. The topological polar surface area (TPSA) is 55.8 Å². The van der Waals surface area contributed by atoms with E-state index in [4.69, 9.17) is 9.47 Å². The molecule has 0 spiro atoms. The van der Waals surface area contributed by atoms with Crippen molar-refractivity contribution in [3.63, 3.8) is 0 Å². The minimum Gasteiger partial charge on any atom is -0.507 e. The molecule has 0 saturated carbocycles. The van der Waals surface area contributed by atoms with E-state index in [0.717, 1.165) is 60.9 Å². The van der Waals surface area contributed by atoms with E-state index in [1.807, 2.05) is 140 Å². The Kier molecular flexibility index (Phi) is 9.46. The summed E-state index contributed by atoms with van der Waals surface area (Å²) in [5.74, 6) is 0.960. The maximum Gasteiger partial charge on any atom is 0.193 e. The lowest BCUT2D eigenvalue weighted by Crippen LogP contribution is -2.09. The van der Waals surface area contributed by atoms with Gasteiger partial charge in [-0.2, -0.15) is 0 Å². The zero-order valence-electron chi connectivity index (χ0n) is 25.0. The molecule has 5 heteroatoms. The second kappa shape index (κ2) is 14.2. The second-order valence-corrected chi connectivity index (χ2v) is 11.4. The van der Waals surface area contributed by atoms with E-state index in [2.05, 4.69) is 6.07 Å². The van der Waals surface area contributed by atoms with Crippen LogP contribution in [0.4, 0.5) is 0 Å². The number of para-hydroxylation sites is 1. The number of phenols is 1. The minimum atomic E-state index is -0.0529. The number of aromatic hydroxyl groups is 1. The number of rotatable bonds is 11. The van der Waals surface area contributed by atoms with Crippen LogP contribution in [0.2, 0.25) is 0 Å². The van der Waals surface area contributed by atoms with E-state index in [-0.39, 0.29) is 14.2 Å². The zero-order valence-corrected chi connectivity index (χ0v) is 25.9. The zero-order chi connectivity index (χ0) is 31.0. The summed E-state index contributed by atoms with van der Waals surface area (Å²) in [7, 11) is -0.0529. The highest BCUT2D eigenvalue weighted by molar-refractivity contribution is 7.35. The molecule has 6 rings (SSSR count). The monoisotopic (exact) mass is 608 g/mol. The van der Waals surface area contributed by atoms with Crippen LogP contribution in [-0.2, 0) is 15.9 Å². The Hall–Kier alpha value is -5.02. The van der Waals surface area contributed by atoms with Crippen molar-refractivity contribution in [1.82, 2.24) is 0 Å². The van der Waals surface area contributed by atoms with E-state index < -0.39 is 0 Å². The standard InChI is InChI=1S/C40H33O4P/c1-28-22-23-38(37(26-28)36-21-11-19-34(40(36)45-42)30-14-6-3-7-15-30)44-25-24-43-27-31-16-8-9-17-32(31)35-20-10-18-33(39(35)41)29-12-4-2-5-13-29/h2-23,26,41H,24-25,27H2,1H3. The summed E-state index contributed by atoms with van der Waals surface area (Å²) in [6.45, 7) is 3.12. The Balaban J connectivity index is 1.17. The number of phenolic OH excluding ortho intramolecular Hbond substituents is 1. The van der Waals surface area contributed by atoms with Gasteiger partial charge in [-0.3, -0.25) is 4.57 Å². The third-order valence-electron chi connectivity index (χ3n) is 7.81. The van der Waals surface area contributed by atoms with E-state index in [9.17, 15) is 9.67 Å². The number of benzene rings is 6. The molecule has 0 aliphatic rings. The van der Waals surface area contributed by atoms with Crippen molar-refractivity contribution in [1.29, 1.82) is 0 Å². The Morgan fingerprint density at radius 3 is 1.91 bits per heavy atom. The number of hydrogen-bond donors (Lipinski definition) is 1. The normalized spacial score (nSPS) is 11.0. The average Bonchev–Trinajstić information content (AvgIpc) is 3.09. The van der Waals surface area contributed by atoms with Gasteiger partial charge in [0.05, 0.1) is 18.5 Å². The number of hydrogen-bond acceptors (Lipinski definition) is 4. The summed E-state index contributed by atoms with van der Waals surface area (Å²) in [5.41, 5.74) is 9.23. The van der Waals surface area contributed by atoms with Gasteiger partial charge in [-0.05, 0) is 46.9 Å². The largest absolute Gasteiger partial charge is 0.507 e. The van der Waals surface area contributed by atoms with Crippen LogP contribution in [0.15, 0.2) is 140 Å². The van der Waals surface area contributed by atoms with Gasteiger partial charge in [-0.25, -0.2) is 0 Å². The third kappa shape index (κ3) is 6.73. The summed E-state index contributed by atoms with van der Waals surface area (Å²) < 4.78 is 24.8. The molecule has 0 aromatic heterocycles. The maximum atomic E-state index is 12.5. The first-order valence-corrected chi connectivity index (χ1v) is 15.7. The smallest absolute Gasteiger partial charge is 0.193 e. The lowest BCUT2D eigenvalue weighted by Gasteiger charge is -2.16. The molecule has 0 saturated heterocycles. The van der Waals surface area contributed by atoms with Crippen LogP contribution in [0.1, 0.15) is 11.1 Å². The fourth-order valence-corrected chi connectivity index (χ4v) is 6.20. The Bertz CT molecular complexity index is 1920. The van der Waals surface area contributed by atoms with Gasteiger partial charge < -0.3 is 14.6 Å². The number of ether oxygens (including phenoxy) is 2. The lowest BCUT2D eigenvalue weighted by atomic mass is 9.94. The highest BCUT2D eigenvalue weighted by Crippen LogP contribution is 2.39. The number of aryl methyl sites for hydroxylation is 1. The molecule has 0 unspecified atom stereocenters. The summed E-state index contributed by atoms with van der Waals surface area (Å²) in [6.07, 6.45) is 0. The Labute approximate surface area is 265 Å². The first-order chi connectivity index (χ1) is 22.1. The lowest BCUT2D eigenvalue weighted by molar-refractivity contribution is 0.0893. The van der Waals surface area contributed by atoms with Crippen LogP contribution in [0, 0.1) is 6.92 Å². The molecule has 0 fully saturated rings. The fourth-order valence-electron chi connectivity index (χ4n) is 5.60. The van der Waals surface area contributed by atoms with E-state index in [1.54, 1.807) is 0 Å². The minimum absolute atomic E-state index is 0.0529. The quantitative estimate of drug-likeness (QED) is 0.118. The van der Waals surface area contributed by atoms with Gasteiger partial charge in [0.25, 0.3) is 0 Å². The van der Waals surface area contributed by atoms with Crippen LogP contribution in [0.5, 0.6) is 11.5 Å². The molecule has 0 bridgehead atoms. The Morgan fingerprint density at radius 1 is 0.578 bits per heavy atom. The van der Waals surface area contributed by atoms with Gasteiger partial charge in [-0.1, -0.05) is 133 Å². The van der Waals surface area contributed by atoms with Crippen molar-refractivity contribution in [2.24, 2.45) is 0 Å². The molecule has 6 aromatic rings. The molecular formula is C40H33O4P. The van der Waals surface area contributed by atoms with Gasteiger partial charge in [-0.15, -0.1) is 0 Å². The van der Waals surface area contributed by atoms with Gasteiger partial charge in [0, 0.05) is 22.3 Å². The van der Waals surface area contributed by atoms with Crippen LogP contribution in [0.25, 0.3) is 44.5 Å². The van der Waals surface area contributed by atoms with Gasteiger partial charge in [0.1, 0.15) is 18.1 Å². The molecule has 45 heavy (non-hydrogen) atoms. The van der Waals surface area contributed by atoms with Crippen LogP contribution in [0.3, 0.4) is 0 Å². The molecule has 4 nitrogen and oxygen atoms in total. The van der Waals surface area contributed by atoms with E-state index in [1.165, 1.54) is 0 Å². The third-order valence-corrected chi connectivity index (χ3v) is 8.47. The summed E-state index contributed by atoms with van der Waals surface area (Å²) in [4.78, 5) is 0. The van der Waals surface area contributed by atoms with Crippen LogP contribution < -0.4 is 10.0 Å². The fraction of sp³-hybridized carbons (Fsp3) is 0.100. The molecule has 0 radical (unpaired) electrons. The molecule has 0 heterocycles. The van der Waals surface area contributed by atoms with Crippen LogP contribution in [-0.4, -0.2) is 18.3 Å². The molecule has 0 aliphatic heterocycles. The molecule has 0 amide bonds.